The Balaban J connectivity index is 1.46. The van der Waals surface area contributed by atoms with E-state index in [2.05, 4.69) is 0 Å². The minimum Gasteiger partial charge on any atom is -0.378 e. The third-order valence-corrected chi connectivity index (χ3v) is 11.4. The van der Waals surface area contributed by atoms with Crippen molar-refractivity contribution < 1.29 is 31.4 Å². The third kappa shape index (κ3) is 5.45. The second-order valence-corrected chi connectivity index (χ2v) is 15.8. The number of benzene rings is 3. The predicted molar refractivity (Wildman–Crippen MR) is 194 cm³/mol. The Bertz CT molecular complexity index is 2020. The molecule has 0 atom stereocenters. The molecule has 2 aromatic heterocycles. The maximum atomic E-state index is 15.6. The number of aliphatic hydroxyl groups is 1. The normalized spacial score (nSPS) is 16.6. The molecule has 0 fully saturated rings. The van der Waals surface area contributed by atoms with E-state index in [9.17, 15) is 13.9 Å². The molecule has 5 aromatic rings. The summed E-state index contributed by atoms with van der Waals surface area (Å²) in [6.45, 7) is 4.54. The number of hydrogen-bond donors (Lipinski definition) is 1. The summed E-state index contributed by atoms with van der Waals surface area (Å²) in [4.78, 5) is 5.33. The van der Waals surface area contributed by atoms with Crippen molar-refractivity contribution in [3.63, 3.8) is 0 Å². The van der Waals surface area contributed by atoms with Crippen LogP contribution >= 0.6 is 22.7 Å². The van der Waals surface area contributed by atoms with Gasteiger partial charge in [0.1, 0.15) is 5.60 Å². The van der Waals surface area contributed by atoms with Crippen molar-refractivity contribution in [3.05, 3.63) is 127 Å². The zero-order chi connectivity index (χ0) is 36.6. The highest BCUT2D eigenvalue weighted by Crippen LogP contribution is 2.66. The van der Waals surface area contributed by atoms with Gasteiger partial charge in [-0.25, -0.2) is 0 Å². The Morgan fingerprint density at radius 2 is 0.940 bits per heavy atom. The van der Waals surface area contributed by atoms with Crippen molar-refractivity contribution in [2.24, 2.45) is 0 Å². The van der Waals surface area contributed by atoms with Gasteiger partial charge in [-0.3, -0.25) is 0 Å². The molecule has 11 heteroatoms. The monoisotopic (exact) mass is 726 g/mol. The van der Waals surface area contributed by atoms with E-state index in [0.717, 1.165) is 34.0 Å². The Morgan fingerprint density at radius 1 is 0.560 bits per heavy atom. The fraction of sp³-hybridized carbons (Fsp3) is 0.282. The molecular weight excluding hydrogens is 691 g/mol. The summed E-state index contributed by atoms with van der Waals surface area (Å²) < 4.78 is 91.9. The fourth-order valence-electron chi connectivity index (χ4n) is 6.56. The van der Waals surface area contributed by atoms with Gasteiger partial charge in [-0.05, 0) is 90.6 Å². The zero-order valence-electron chi connectivity index (χ0n) is 28.5. The summed E-state index contributed by atoms with van der Waals surface area (Å²) in [7, 11) is 7.68. The topological polar surface area (TPSA) is 26.7 Å². The van der Waals surface area contributed by atoms with E-state index in [1.54, 1.807) is 31.2 Å². The molecule has 0 saturated heterocycles. The van der Waals surface area contributed by atoms with E-state index in [1.807, 2.05) is 86.5 Å². The van der Waals surface area contributed by atoms with Gasteiger partial charge in [0.25, 0.3) is 0 Å². The molecule has 0 radical (unpaired) electrons. The predicted octanol–water partition coefficient (Wildman–Crippen LogP) is 10.6. The molecule has 1 aliphatic carbocycles. The van der Waals surface area contributed by atoms with E-state index in [0.29, 0.717) is 32.0 Å². The number of hydrogen-bond acceptors (Lipinski definition) is 5. The number of aryl methyl sites for hydroxylation is 3. The lowest BCUT2D eigenvalue weighted by Gasteiger charge is -2.31. The zero-order valence-corrected chi connectivity index (χ0v) is 30.1. The van der Waals surface area contributed by atoms with Crippen LogP contribution in [0.2, 0.25) is 0 Å². The quantitative estimate of drug-likeness (QED) is 0.127. The van der Waals surface area contributed by atoms with Gasteiger partial charge in [0.2, 0.25) is 0 Å². The van der Waals surface area contributed by atoms with Gasteiger partial charge in [-0.2, -0.15) is 26.3 Å². The number of halogens is 6. The maximum Gasteiger partial charge on any atom is 0.380 e. The summed E-state index contributed by atoms with van der Waals surface area (Å²) in [5, 5.41) is 12.5. The molecule has 6 rings (SSSR count). The van der Waals surface area contributed by atoms with E-state index >= 15 is 17.6 Å². The smallest absolute Gasteiger partial charge is 0.378 e. The molecule has 0 bridgehead atoms. The molecule has 0 amide bonds. The van der Waals surface area contributed by atoms with Gasteiger partial charge in [0.15, 0.2) is 0 Å². The minimum atomic E-state index is -5.62. The molecule has 3 nitrogen and oxygen atoms in total. The highest BCUT2D eigenvalue weighted by molar-refractivity contribution is 7.15. The van der Waals surface area contributed by atoms with E-state index in [-0.39, 0.29) is 20.9 Å². The van der Waals surface area contributed by atoms with Gasteiger partial charge in [-0.15, -0.1) is 22.7 Å². The molecule has 50 heavy (non-hydrogen) atoms. The van der Waals surface area contributed by atoms with Crippen LogP contribution < -0.4 is 9.80 Å². The number of thiophene rings is 2. The summed E-state index contributed by atoms with van der Waals surface area (Å²) in [6.07, 6.45) is 0. The lowest BCUT2D eigenvalue weighted by atomic mass is 9.80. The number of alkyl halides is 6. The van der Waals surface area contributed by atoms with E-state index < -0.39 is 34.5 Å². The molecule has 262 valence electrons. The van der Waals surface area contributed by atoms with Crippen LogP contribution in [0.1, 0.15) is 42.4 Å². The molecule has 0 spiro atoms. The standard InChI is InChI=1S/C39H36F6N2OS2/c1-22-20-31(23(2)49-22)34-35(38(42,43)39(44,45)37(34,40)41)32-21-33(50-24(32)3)25-8-10-26(11-9-25)36(48,27-12-16-29(17-13-27)46(4)5)28-14-18-30(19-15-28)47(6)7/h8-21,48H,1-7H3. The molecule has 0 saturated carbocycles. The van der Waals surface area contributed by atoms with Crippen molar-refractivity contribution in [2.75, 3.05) is 38.0 Å². The Morgan fingerprint density at radius 3 is 1.32 bits per heavy atom. The second-order valence-electron chi connectivity index (χ2n) is 13.1. The molecule has 0 unspecified atom stereocenters. The lowest BCUT2D eigenvalue weighted by Crippen LogP contribution is -2.48. The van der Waals surface area contributed by atoms with Crippen molar-refractivity contribution in [1.82, 2.24) is 0 Å². The molecular formula is C39H36F6N2OS2. The van der Waals surface area contributed by atoms with Crippen LogP contribution in [0.25, 0.3) is 21.6 Å². The first kappa shape index (κ1) is 35.8. The highest BCUT2D eigenvalue weighted by atomic mass is 32.1. The molecule has 1 N–H and O–H groups in total. The number of nitrogens with zero attached hydrogens (tertiary/aromatic N) is 2. The van der Waals surface area contributed by atoms with Crippen LogP contribution in [0.5, 0.6) is 0 Å². The van der Waals surface area contributed by atoms with Crippen LogP contribution in [-0.4, -0.2) is 51.1 Å². The lowest BCUT2D eigenvalue weighted by molar-refractivity contribution is -0.254. The van der Waals surface area contributed by atoms with Crippen LogP contribution in [0.3, 0.4) is 0 Å². The molecule has 0 aliphatic heterocycles. The van der Waals surface area contributed by atoms with Crippen LogP contribution in [-0.2, 0) is 5.60 Å². The first-order valence-electron chi connectivity index (χ1n) is 15.8. The van der Waals surface area contributed by atoms with Gasteiger partial charge in [0, 0.05) is 70.2 Å². The summed E-state index contributed by atoms with van der Waals surface area (Å²) >= 11 is 2.13. The summed E-state index contributed by atoms with van der Waals surface area (Å²) in [5.74, 6) is -15.8. The van der Waals surface area contributed by atoms with Gasteiger partial charge < -0.3 is 14.9 Å². The van der Waals surface area contributed by atoms with Crippen LogP contribution in [0, 0.1) is 20.8 Å². The fourth-order valence-corrected chi connectivity index (χ4v) is 8.52. The Kier molecular flexibility index (Phi) is 8.81. The molecule has 1 aliphatic rings. The Labute approximate surface area is 295 Å². The largest absolute Gasteiger partial charge is 0.380 e. The average Bonchev–Trinajstić information content (AvgIpc) is 3.64. The Hall–Kier alpha value is -4.06. The van der Waals surface area contributed by atoms with Crippen LogP contribution in [0.15, 0.2) is 84.9 Å². The van der Waals surface area contributed by atoms with Gasteiger partial charge in [-0.1, -0.05) is 48.5 Å². The number of allylic oxidation sites excluding steroid dienone is 2. The SMILES string of the molecule is Cc1cc(C2=C(c3cc(-c4ccc(C(O)(c5ccc(N(C)C)cc5)c5ccc(N(C)C)cc5)cc4)sc3C)C(F)(F)C(F)(F)C2(F)F)c(C)s1. The van der Waals surface area contributed by atoms with Gasteiger partial charge in [0.05, 0.1) is 0 Å². The molecule has 3 aromatic carbocycles. The third-order valence-electron chi connectivity index (χ3n) is 9.35. The van der Waals surface area contributed by atoms with Crippen LogP contribution in [0.4, 0.5) is 37.7 Å². The molecule has 2 heterocycles. The van der Waals surface area contributed by atoms with Gasteiger partial charge >= 0.3 is 17.8 Å². The van der Waals surface area contributed by atoms with Crippen molar-refractivity contribution in [1.29, 1.82) is 0 Å². The summed E-state index contributed by atoms with van der Waals surface area (Å²) in [6, 6.07) is 24.5. The van der Waals surface area contributed by atoms with E-state index in [4.69, 9.17) is 0 Å². The minimum absolute atomic E-state index is 0.202. The second kappa shape index (κ2) is 12.3. The summed E-state index contributed by atoms with van der Waals surface area (Å²) in [5.41, 5.74) is -0.684. The number of anilines is 2. The maximum absolute atomic E-state index is 15.6. The van der Waals surface area contributed by atoms with Crippen molar-refractivity contribution >= 4 is 45.2 Å². The number of rotatable bonds is 8. The van der Waals surface area contributed by atoms with E-state index in [1.165, 1.54) is 26.0 Å². The van der Waals surface area contributed by atoms with Crippen molar-refractivity contribution in [2.45, 2.75) is 44.1 Å². The average molecular weight is 727 g/mol. The highest BCUT2D eigenvalue weighted by Gasteiger charge is 2.80. The van der Waals surface area contributed by atoms with Crippen molar-refractivity contribution in [3.8, 4) is 10.4 Å². The first-order valence-corrected chi connectivity index (χ1v) is 17.4. The first-order chi connectivity index (χ1) is 23.3.